The summed E-state index contributed by atoms with van der Waals surface area (Å²) in [5.74, 6) is -4.12. The van der Waals surface area contributed by atoms with E-state index in [9.17, 15) is 19.8 Å². The quantitative estimate of drug-likeness (QED) is 0.368. The van der Waals surface area contributed by atoms with E-state index in [1.54, 1.807) is 0 Å². The van der Waals surface area contributed by atoms with Gasteiger partial charge in [0.25, 0.3) is 0 Å². The molecule has 10 nitrogen and oxygen atoms in total. The molecule has 0 fully saturated rings. The summed E-state index contributed by atoms with van der Waals surface area (Å²) in [5.41, 5.74) is 0. The van der Waals surface area contributed by atoms with Crippen LogP contribution in [-0.2, 0) is 14.2 Å². The van der Waals surface area contributed by atoms with Crippen LogP contribution in [0.1, 0.15) is 0 Å². The summed E-state index contributed by atoms with van der Waals surface area (Å²) in [7, 11) is -5.39. The van der Waals surface area contributed by atoms with Crippen molar-refractivity contribution in [3.8, 4) is 0 Å². The number of carbonyl (C=O) groups is 2. The van der Waals surface area contributed by atoms with Gasteiger partial charge in [-0.1, -0.05) is 0 Å². The molecular formula is C4H4KO10P-4. The molecule has 0 aliphatic rings. The number of aliphatic hydroxyl groups is 2. The van der Waals surface area contributed by atoms with E-state index in [0.29, 0.717) is 0 Å². The monoisotopic (exact) mass is 282 g/mol. The summed E-state index contributed by atoms with van der Waals surface area (Å²) in [6, 6.07) is 0. The van der Waals surface area contributed by atoms with Crippen molar-refractivity contribution in [1.29, 1.82) is 0 Å². The van der Waals surface area contributed by atoms with Gasteiger partial charge < -0.3 is 49.3 Å². The second kappa shape index (κ2) is 9.62. The van der Waals surface area contributed by atoms with Gasteiger partial charge in [-0.25, -0.2) is 0 Å². The van der Waals surface area contributed by atoms with E-state index >= 15 is 0 Å². The van der Waals surface area contributed by atoms with Gasteiger partial charge in [0, 0.05) is 0 Å². The maximum atomic E-state index is 9.63. The Bertz CT molecular complexity index is 246. The second-order valence-corrected chi connectivity index (χ2v) is 2.87. The zero-order valence-electron chi connectivity index (χ0n) is 7.76. The summed E-state index contributed by atoms with van der Waals surface area (Å²) < 4.78 is 8.55. The van der Waals surface area contributed by atoms with Crippen LogP contribution in [0.5, 0.6) is 0 Å². The van der Waals surface area contributed by atoms with Crippen molar-refractivity contribution in [2.24, 2.45) is 0 Å². The Hall–Kier alpha value is 0.606. The summed E-state index contributed by atoms with van der Waals surface area (Å²) in [6.45, 7) is 0. The third-order valence-electron chi connectivity index (χ3n) is 0.782. The normalized spacial score (nSPS) is 13.6. The molecule has 0 saturated heterocycles. The van der Waals surface area contributed by atoms with Gasteiger partial charge in [-0.15, -0.1) is 0 Å². The average Bonchev–Trinajstić information content (AvgIpc) is 1.98. The molecule has 2 N–H and O–H groups in total. The standard InChI is InChI=1S/C4H6O6.K.H3O4P/c5-1(3(7)8)2(6)4(9)10;;1-5(2,3)4/h1-2,5-6H,(H,7,8)(H,9,10);;(H3,1,2,3,4)/q;+1;/p-5. The van der Waals surface area contributed by atoms with Gasteiger partial charge in [0.1, 0.15) is 12.2 Å². The molecule has 2 atom stereocenters. The molecule has 2 unspecified atom stereocenters. The van der Waals surface area contributed by atoms with E-state index in [1.807, 2.05) is 0 Å². The van der Waals surface area contributed by atoms with Crippen molar-refractivity contribution in [2.75, 3.05) is 0 Å². The van der Waals surface area contributed by atoms with Crippen molar-refractivity contribution >= 4 is 19.8 Å². The van der Waals surface area contributed by atoms with Crippen LogP contribution < -0.4 is 76.3 Å². The summed E-state index contributed by atoms with van der Waals surface area (Å²) in [6.07, 6.45) is -4.88. The number of hydrogen-bond acceptors (Lipinski definition) is 10. The van der Waals surface area contributed by atoms with E-state index in [4.69, 9.17) is 29.5 Å². The first kappa shape index (κ1) is 21.8. The maximum Gasteiger partial charge on any atom is 1.00 e. The topological polar surface area (TPSA) is 207 Å². The average molecular weight is 282 g/mol. The fourth-order valence-electron chi connectivity index (χ4n) is 0.258. The number of carboxylic acid groups (broad SMARTS) is 2. The van der Waals surface area contributed by atoms with E-state index in [1.165, 1.54) is 0 Å². The summed E-state index contributed by atoms with van der Waals surface area (Å²) in [4.78, 5) is 44.9. The van der Waals surface area contributed by atoms with E-state index in [-0.39, 0.29) is 51.4 Å². The third-order valence-corrected chi connectivity index (χ3v) is 0.782. The van der Waals surface area contributed by atoms with Gasteiger partial charge in [-0.2, -0.15) is 7.82 Å². The van der Waals surface area contributed by atoms with Crippen LogP contribution in [-0.4, -0.2) is 34.4 Å². The molecule has 12 heteroatoms. The van der Waals surface area contributed by atoms with Crippen molar-refractivity contribution in [1.82, 2.24) is 0 Å². The van der Waals surface area contributed by atoms with Crippen LogP contribution in [0, 0.1) is 0 Å². The predicted molar refractivity (Wildman–Crippen MR) is 29.6 cm³/mol. The Morgan fingerprint density at radius 2 is 1.06 bits per heavy atom. The van der Waals surface area contributed by atoms with Gasteiger partial charge in [-0.3, -0.25) is 0 Å². The molecule has 0 saturated carbocycles. The molecule has 0 rings (SSSR count). The van der Waals surface area contributed by atoms with Crippen molar-refractivity contribution in [3.05, 3.63) is 0 Å². The van der Waals surface area contributed by atoms with Gasteiger partial charge in [-0.05, 0) is 0 Å². The first-order chi connectivity index (χ1) is 6.46. The fraction of sp³-hybridized carbons (Fsp3) is 0.500. The minimum atomic E-state index is -5.39. The molecule has 0 amide bonds. The Labute approximate surface area is 131 Å². The summed E-state index contributed by atoms with van der Waals surface area (Å²) in [5, 5.41) is 35.7. The molecule has 0 aromatic rings. The van der Waals surface area contributed by atoms with Crippen molar-refractivity contribution < 1.29 is 101 Å². The molecule has 90 valence electrons. The zero-order valence-corrected chi connectivity index (χ0v) is 11.8. The minimum Gasteiger partial charge on any atom is -0.822 e. The van der Waals surface area contributed by atoms with E-state index in [0.717, 1.165) is 0 Å². The van der Waals surface area contributed by atoms with Gasteiger partial charge in [0.2, 0.25) is 0 Å². The van der Waals surface area contributed by atoms with Crippen molar-refractivity contribution in [3.63, 3.8) is 0 Å². The van der Waals surface area contributed by atoms with Crippen molar-refractivity contribution in [2.45, 2.75) is 12.2 Å². The van der Waals surface area contributed by atoms with E-state index in [2.05, 4.69) is 0 Å². The number of carboxylic acids is 2. The molecule has 0 radical (unpaired) electrons. The molecule has 0 aromatic heterocycles. The molecule has 16 heavy (non-hydrogen) atoms. The summed E-state index contributed by atoms with van der Waals surface area (Å²) >= 11 is 0. The van der Waals surface area contributed by atoms with Crippen LogP contribution in [0.25, 0.3) is 0 Å². The van der Waals surface area contributed by atoms with Crippen LogP contribution in [0.15, 0.2) is 0 Å². The number of aliphatic hydroxyl groups excluding tert-OH is 2. The molecule has 0 aromatic carbocycles. The smallest absolute Gasteiger partial charge is 0.822 e. The van der Waals surface area contributed by atoms with E-state index < -0.39 is 32.0 Å². The first-order valence-electron chi connectivity index (χ1n) is 2.97. The number of carbonyl (C=O) groups excluding carboxylic acids is 2. The molecule has 0 aliphatic carbocycles. The molecule has 0 aliphatic heterocycles. The number of hydrogen-bond donors (Lipinski definition) is 2. The molecule has 0 spiro atoms. The van der Waals surface area contributed by atoms with Crippen LogP contribution >= 0.6 is 7.82 Å². The SMILES string of the molecule is O=C([O-])C(O)C(O)C(=O)[O-].O=P([O-])([O-])[O-].[K+]. The fourth-order valence-corrected chi connectivity index (χ4v) is 0.258. The zero-order chi connectivity index (χ0) is 12.8. The number of rotatable bonds is 3. The van der Waals surface area contributed by atoms with Crippen LogP contribution in [0.2, 0.25) is 0 Å². The van der Waals surface area contributed by atoms with Crippen LogP contribution in [0.4, 0.5) is 0 Å². The molecule has 0 heterocycles. The second-order valence-electron chi connectivity index (χ2n) is 1.97. The number of phosphoric acid groups is 1. The Balaban J connectivity index is -0.000000242. The molecular weight excluding hydrogens is 278 g/mol. The maximum absolute atomic E-state index is 9.63. The first-order valence-corrected chi connectivity index (χ1v) is 4.43. The Morgan fingerprint density at radius 3 is 1.12 bits per heavy atom. The minimum absolute atomic E-state index is 0. The Kier molecular flexibility index (Phi) is 13.1. The largest absolute Gasteiger partial charge is 1.00 e. The third kappa shape index (κ3) is 17.0. The predicted octanol–water partition coefficient (Wildman–Crippen LogP) is -10.6. The number of aliphatic carboxylic acids is 2. The van der Waals surface area contributed by atoms with Gasteiger partial charge in [0.15, 0.2) is 0 Å². The van der Waals surface area contributed by atoms with Crippen LogP contribution in [0.3, 0.4) is 0 Å². The molecule has 0 bridgehead atoms. The Morgan fingerprint density at radius 1 is 0.938 bits per heavy atom. The van der Waals surface area contributed by atoms with Gasteiger partial charge >= 0.3 is 51.4 Å². The van der Waals surface area contributed by atoms with Gasteiger partial charge in [0.05, 0.1) is 11.9 Å².